The van der Waals surface area contributed by atoms with Gasteiger partial charge in [0.25, 0.3) is 0 Å². The SMILES string of the molecule is Cc1ccc(C(=O)O)c(N(C)Cc2ccoc2)c1. The van der Waals surface area contributed by atoms with Crippen molar-refractivity contribution in [3.63, 3.8) is 0 Å². The molecule has 0 radical (unpaired) electrons. The summed E-state index contributed by atoms with van der Waals surface area (Å²) in [5.41, 5.74) is 3.07. The van der Waals surface area contributed by atoms with Gasteiger partial charge in [-0.3, -0.25) is 0 Å². The van der Waals surface area contributed by atoms with Crippen molar-refractivity contribution < 1.29 is 14.3 Å². The zero-order chi connectivity index (χ0) is 13.1. The molecule has 94 valence electrons. The van der Waals surface area contributed by atoms with E-state index < -0.39 is 5.97 Å². The van der Waals surface area contributed by atoms with Crippen molar-refractivity contribution in [2.75, 3.05) is 11.9 Å². The molecule has 2 aromatic rings. The van der Waals surface area contributed by atoms with Crippen molar-refractivity contribution in [3.05, 3.63) is 53.5 Å². The molecule has 1 heterocycles. The van der Waals surface area contributed by atoms with Crippen LogP contribution in [0.5, 0.6) is 0 Å². The number of nitrogens with zero attached hydrogens (tertiary/aromatic N) is 1. The Morgan fingerprint density at radius 2 is 2.17 bits per heavy atom. The van der Waals surface area contributed by atoms with Gasteiger partial charge in [0.2, 0.25) is 0 Å². The van der Waals surface area contributed by atoms with Crippen LogP contribution in [0.4, 0.5) is 5.69 Å². The van der Waals surface area contributed by atoms with Crippen LogP contribution in [0.25, 0.3) is 0 Å². The lowest BCUT2D eigenvalue weighted by Crippen LogP contribution is -2.19. The highest BCUT2D eigenvalue weighted by Crippen LogP contribution is 2.23. The van der Waals surface area contributed by atoms with E-state index in [0.717, 1.165) is 11.1 Å². The van der Waals surface area contributed by atoms with E-state index in [4.69, 9.17) is 4.42 Å². The summed E-state index contributed by atoms with van der Waals surface area (Å²) in [6, 6.07) is 7.19. The number of hydrogen-bond donors (Lipinski definition) is 1. The lowest BCUT2D eigenvalue weighted by Gasteiger charge is -2.21. The minimum atomic E-state index is -0.913. The quantitative estimate of drug-likeness (QED) is 0.899. The zero-order valence-electron chi connectivity index (χ0n) is 10.4. The minimum Gasteiger partial charge on any atom is -0.478 e. The van der Waals surface area contributed by atoms with E-state index in [9.17, 15) is 9.90 Å². The maximum Gasteiger partial charge on any atom is 0.337 e. The van der Waals surface area contributed by atoms with Crippen LogP contribution in [0.15, 0.2) is 41.2 Å². The first kappa shape index (κ1) is 12.2. The predicted octanol–water partition coefficient (Wildman–Crippen LogP) is 2.92. The van der Waals surface area contributed by atoms with Crippen LogP contribution in [-0.4, -0.2) is 18.1 Å². The molecule has 4 nitrogen and oxygen atoms in total. The molecule has 0 saturated heterocycles. The fraction of sp³-hybridized carbons (Fsp3) is 0.214. The summed E-state index contributed by atoms with van der Waals surface area (Å²) in [6.07, 6.45) is 3.27. The van der Waals surface area contributed by atoms with Crippen molar-refractivity contribution in [1.29, 1.82) is 0 Å². The Balaban J connectivity index is 2.31. The normalized spacial score (nSPS) is 10.3. The van der Waals surface area contributed by atoms with Crippen LogP contribution < -0.4 is 4.90 Å². The van der Waals surface area contributed by atoms with E-state index in [1.165, 1.54) is 0 Å². The molecule has 0 unspecified atom stereocenters. The van der Waals surface area contributed by atoms with Crippen LogP contribution >= 0.6 is 0 Å². The number of furan rings is 1. The first-order valence-corrected chi connectivity index (χ1v) is 5.64. The number of carboxylic acid groups (broad SMARTS) is 1. The minimum absolute atomic E-state index is 0.312. The van der Waals surface area contributed by atoms with Crippen LogP contribution in [0.2, 0.25) is 0 Å². The van der Waals surface area contributed by atoms with E-state index in [-0.39, 0.29) is 0 Å². The summed E-state index contributed by atoms with van der Waals surface area (Å²) in [7, 11) is 1.87. The summed E-state index contributed by atoms with van der Waals surface area (Å²) in [5, 5.41) is 9.19. The Morgan fingerprint density at radius 3 is 2.78 bits per heavy atom. The van der Waals surface area contributed by atoms with Gasteiger partial charge in [-0.05, 0) is 30.7 Å². The molecule has 1 aromatic carbocycles. The first-order valence-electron chi connectivity index (χ1n) is 5.64. The van der Waals surface area contributed by atoms with Gasteiger partial charge in [0.05, 0.1) is 23.8 Å². The zero-order valence-corrected chi connectivity index (χ0v) is 10.4. The molecule has 0 saturated carbocycles. The fourth-order valence-electron chi connectivity index (χ4n) is 1.88. The molecule has 18 heavy (non-hydrogen) atoms. The summed E-state index contributed by atoms with van der Waals surface area (Å²) < 4.78 is 5.01. The van der Waals surface area contributed by atoms with Crippen LogP contribution in [0.1, 0.15) is 21.5 Å². The number of aryl methyl sites for hydroxylation is 1. The number of benzene rings is 1. The summed E-state index contributed by atoms with van der Waals surface area (Å²) in [4.78, 5) is 13.1. The van der Waals surface area contributed by atoms with Gasteiger partial charge in [-0.1, -0.05) is 6.07 Å². The number of carboxylic acids is 1. The molecule has 0 amide bonds. The van der Waals surface area contributed by atoms with Gasteiger partial charge in [-0.2, -0.15) is 0 Å². The molecule has 0 spiro atoms. The van der Waals surface area contributed by atoms with Gasteiger partial charge in [-0.25, -0.2) is 4.79 Å². The maximum atomic E-state index is 11.2. The van der Waals surface area contributed by atoms with E-state index in [1.807, 2.05) is 31.0 Å². The molecular weight excluding hydrogens is 230 g/mol. The van der Waals surface area contributed by atoms with Gasteiger partial charge in [0, 0.05) is 19.2 Å². The smallest absolute Gasteiger partial charge is 0.337 e. The Bertz CT molecular complexity index is 546. The Hall–Kier alpha value is -2.23. The largest absolute Gasteiger partial charge is 0.478 e. The molecule has 1 aromatic heterocycles. The third-order valence-electron chi connectivity index (χ3n) is 2.79. The van der Waals surface area contributed by atoms with E-state index >= 15 is 0 Å². The maximum absolute atomic E-state index is 11.2. The van der Waals surface area contributed by atoms with E-state index in [1.54, 1.807) is 24.7 Å². The standard InChI is InChI=1S/C14H15NO3/c1-10-3-4-12(14(16)17)13(7-10)15(2)8-11-5-6-18-9-11/h3-7,9H,8H2,1-2H3,(H,16,17). The molecular formula is C14H15NO3. The highest BCUT2D eigenvalue weighted by atomic mass is 16.4. The average Bonchev–Trinajstić information content (AvgIpc) is 2.81. The average molecular weight is 245 g/mol. The number of hydrogen-bond acceptors (Lipinski definition) is 3. The summed E-state index contributed by atoms with van der Waals surface area (Å²) in [6.45, 7) is 2.56. The molecule has 0 aliphatic carbocycles. The number of rotatable bonds is 4. The van der Waals surface area contributed by atoms with Gasteiger partial charge in [0.15, 0.2) is 0 Å². The highest BCUT2D eigenvalue weighted by molar-refractivity contribution is 5.94. The number of anilines is 1. The van der Waals surface area contributed by atoms with Crippen molar-refractivity contribution in [2.45, 2.75) is 13.5 Å². The molecule has 0 aliphatic rings. The molecule has 0 atom stereocenters. The van der Waals surface area contributed by atoms with Crippen LogP contribution in [-0.2, 0) is 6.54 Å². The Morgan fingerprint density at radius 1 is 1.39 bits per heavy atom. The van der Waals surface area contributed by atoms with Crippen molar-refractivity contribution in [2.24, 2.45) is 0 Å². The molecule has 2 rings (SSSR count). The Labute approximate surface area is 105 Å². The van der Waals surface area contributed by atoms with E-state index in [0.29, 0.717) is 17.8 Å². The van der Waals surface area contributed by atoms with Crippen LogP contribution in [0, 0.1) is 6.92 Å². The van der Waals surface area contributed by atoms with Crippen LogP contribution in [0.3, 0.4) is 0 Å². The lowest BCUT2D eigenvalue weighted by atomic mass is 10.1. The molecule has 0 aliphatic heterocycles. The van der Waals surface area contributed by atoms with Crippen molar-refractivity contribution in [3.8, 4) is 0 Å². The van der Waals surface area contributed by atoms with Crippen molar-refractivity contribution in [1.82, 2.24) is 0 Å². The summed E-state index contributed by atoms with van der Waals surface area (Å²) >= 11 is 0. The molecule has 0 bridgehead atoms. The second kappa shape index (κ2) is 4.96. The molecule has 1 N–H and O–H groups in total. The second-order valence-electron chi connectivity index (χ2n) is 4.31. The van der Waals surface area contributed by atoms with Gasteiger partial charge in [-0.15, -0.1) is 0 Å². The second-order valence-corrected chi connectivity index (χ2v) is 4.31. The highest BCUT2D eigenvalue weighted by Gasteiger charge is 2.14. The predicted molar refractivity (Wildman–Crippen MR) is 69.0 cm³/mol. The van der Waals surface area contributed by atoms with Crippen molar-refractivity contribution >= 4 is 11.7 Å². The summed E-state index contributed by atoms with van der Waals surface area (Å²) in [5.74, 6) is -0.913. The third kappa shape index (κ3) is 2.53. The fourth-order valence-corrected chi connectivity index (χ4v) is 1.88. The molecule has 4 heteroatoms. The van der Waals surface area contributed by atoms with E-state index in [2.05, 4.69) is 0 Å². The number of aromatic carboxylic acids is 1. The first-order chi connectivity index (χ1) is 8.58. The van der Waals surface area contributed by atoms with Gasteiger partial charge >= 0.3 is 5.97 Å². The van der Waals surface area contributed by atoms with Gasteiger partial charge < -0.3 is 14.4 Å². The lowest BCUT2D eigenvalue weighted by molar-refractivity contribution is 0.0697. The topological polar surface area (TPSA) is 53.7 Å². The van der Waals surface area contributed by atoms with Gasteiger partial charge in [0.1, 0.15) is 0 Å². The number of carbonyl (C=O) groups is 1. The Kier molecular flexibility index (Phi) is 3.37. The third-order valence-corrected chi connectivity index (χ3v) is 2.79. The molecule has 0 fully saturated rings. The monoisotopic (exact) mass is 245 g/mol.